The van der Waals surface area contributed by atoms with E-state index in [1.807, 2.05) is 39.0 Å². The summed E-state index contributed by atoms with van der Waals surface area (Å²) in [6.45, 7) is 7.31. The fourth-order valence-corrected chi connectivity index (χ4v) is 2.29. The van der Waals surface area contributed by atoms with Gasteiger partial charge in [-0.2, -0.15) is 0 Å². The molecule has 1 atom stereocenters. The summed E-state index contributed by atoms with van der Waals surface area (Å²) in [6.07, 6.45) is -0.930. The Labute approximate surface area is 141 Å². The lowest BCUT2D eigenvalue weighted by Gasteiger charge is -2.23. The molecule has 1 aromatic carbocycles. The Morgan fingerprint density at radius 2 is 1.92 bits per heavy atom. The minimum Gasteiger partial charge on any atom is -0.449 e. The summed E-state index contributed by atoms with van der Waals surface area (Å²) < 4.78 is 16.0. The molecule has 0 spiro atoms. The van der Waals surface area contributed by atoms with Crippen molar-refractivity contribution < 1.29 is 23.5 Å². The maximum Gasteiger partial charge on any atom is 0.375 e. The summed E-state index contributed by atoms with van der Waals surface area (Å²) in [7, 11) is 1.54. The lowest BCUT2D eigenvalue weighted by molar-refractivity contribution is -0.130. The predicted octanol–water partition coefficient (Wildman–Crippen LogP) is 3.04. The first-order valence-electron chi connectivity index (χ1n) is 7.75. The first-order valence-corrected chi connectivity index (χ1v) is 7.75. The molecule has 1 amide bonds. The largest absolute Gasteiger partial charge is 0.449 e. The summed E-state index contributed by atoms with van der Waals surface area (Å²) in [5, 5.41) is 3.56. The summed E-state index contributed by atoms with van der Waals surface area (Å²) in [5.74, 6) is -0.983. The number of hydrogen-bond acceptors (Lipinski definition) is 5. The molecule has 2 aromatic rings. The van der Waals surface area contributed by atoms with E-state index >= 15 is 0 Å². The number of para-hydroxylation sites is 1. The Hall–Kier alpha value is -2.34. The van der Waals surface area contributed by atoms with E-state index in [4.69, 9.17) is 13.9 Å². The summed E-state index contributed by atoms with van der Waals surface area (Å²) in [6, 6.07) is 7.28. The molecule has 0 aliphatic carbocycles. The van der Waals surface area contributed by atoms with Crippen molar-refractivity contribution in [3.8, 4) is 0 Å². The van der Waals surface area contributed by atoms with Gasteiger partial charge < -0.3 is 19.2 Å². The third-order valence-electron chi connectivity index (χ3n) is 3.32. The Kier molecular flexibility index (Phi) is 5.29. The van der Waals surface area contributed by atoms with E-state index in [0.29, 0.717) is 11.1 Å². The van der Waals surface area contributed by atoms with E-state index in [-0.39, 0.29) is 18.3 Å². The van der Waals surface area contributed by atoms with E-state index in [1.54, 1.807) is 6.07 Å². The maximum atomic E-state index is 12.4. The molecule has 1 aromatic heterocycles. The van der Waals surface area contributed by atoms with Crippen molar-refractivity contribution in [3.63, 3.8) is 0 Å². The van der Waals surface area contributed by atoms with Crippen LogP contribution in [0.3, 0.4) is 0 Å². The normalized spacial score (nSPS) is 12.9. The Morgan fingerprint density at radius 3 is 2.54 bits per heavy atom. The first-order chi connectivity index (χ1) is 11.2. The lowest BCUT2D eigenvalue weighted by atomic mass is 10.1. The molecule has 1 N–H and O–H groups in total. The first kappa shape index (κ1) is 18.0. The topological polar surface area (TPSA) is 77.8 Å². The van der Waals surface area contributed by atoms with Crippen molar-refractivity contribution in [3.05, 3.63) is 35.6 Å². The van der Waals surface area contributed by atoms with E-state index in [1.165, 1.54) is 14.0 Å². The van der Waals surface area contributed by atoms with Crippen LogP contribution in [0, 0.1) is 0 Å². The SMILES string of the molecule is COCc1c(C(=O)OC(C)C(=O)NC(C)(C)C)oc2ccccc12. The number of esters is 1. The van der Waals surface area contributed by atoms with Crippen molar-refractivity contribution >= 4 is 22.8 Å². The van der Waals surface area contributed by atoms with Gasteiger partial charge in [0.25, 0.3) is 5.91 Å². The van der Waals surface area contributed by atoms with Crippen molar-refractivity contribution in [1.82, 2.24) is 5.32 Å². The van der Waals surface area contributed by atoms with Gasteiger partial charge in [0.05, 0.1) is 6.61 Å². The third-order valence-corrected chi connectivity index (χ3v) is 3.32. The lowest BCUT2D eigenvalue weighted by Crippen LogP contribution is -2.46. The number of amides is 1. The van der Waals surface area contributed by atoms with Crippen molar-refractivity contribution in [2.45, 2.75) is 45.9 Å². The van der Waals surface area contributed by atoms with Gasteiger partial charge in [0.15, 0.2) is 6.10 Å². The molecule has 0 aliphatic rings. The van der Waals surface area contributed by atoms with Gasteiger partial charge in [0, 0.05) is 23.6 Å². The summed E-state index contributed by atoms with van der Waals surface area (Å²) in [4.78, 5) is 24.5. The number of methoxy groups -OCH3 is 1. The number of carbonyl (C=O) groups excluding carboxylic acids is 2. The zero-order chi connectivity index (χ0) is 17.9. The molecule has 0 saturated carbocycles. The second-order valence-electron chi connectivity index (χ2n) is 6.63. The highest BCUT2D eigenvalue weighted by atomic mass is 16.6. The molecule has 1 unspecified atom stereocenters. The zero-order valence-electron chi connectivity index (χ0n) is 14.6. The van der Waals surface area contributed by atoms with Crippen LogP contribution in [-0.2, 0) is 20.9 Å². The van der Waals surface area contributed by atoms with Crippen LogP contribution in [0.5, 0.6) is 0 Å². The van der Waals surface area contributed by atoms with Crippen LogP contribution in [0.1, 0.15) is 43.8 Å². The molecule has 1 heterocycles. The molecule has 0 fully saturated rings. The van der Waals surface area contributed by atoms with Crippen LogP contribution in [0.15, 0.2) is 28.7 Å². The molecule has 130 valence electrons. The van der Waals surface area contributed by atoms with Gasteiger partial charge >= 0.3 is 5.97 Å². The second-order valence-corrected chi connectivity index (χ2v) is 6.63. The van der Waals surface area contributed by atoms with E-state index in [9.17, 15) is 9.59 Å². The van der Waals surface area contributed by atoms with Gasteiger partial charge in [0.1, 0.15) is 5.58 Å². The minimum atomic E-state index is -0.930. The fourth-order valence-electron chi connectivity index (χ4n) is 2.29. The number of nitrogens with one attached hydrogen (secondary N) is 1. The smallest absolute Gasteiger partial charge is 0.375 e. The molecule has 0 saturated heterocycles. The number of ether oxygens (including phenoxy) is 2. The summed E-state index contributed by atoms with van der Waals surface area (Å²) in [5.41, 5.74) is 0.781. The molecular weight excluding hydrogens is 310 g/mol. The molecule has 2 rings (SSSR count). The fraction of sp³-hybridized carbons (Fsp3) is 0.444. The van der Waals surface area contributed by atoms with Crippen LogP contribution in [0.2, 0.25) is 0 Å². The molecule has 6 heteroatoms. The van der Waals surface area contributed by atoms with E-state index in [2.05, 4.69) is 5.32 Å². The Balaban J connectivity index is 2.22. The monoisotopic (exact) mass is 333 g/mol. The van der Waals surface area contributed by atoms with Crippen molar-refractivity contribution in [2.75, 3.05) is 7.11 Å². The van der Waals surface area contributed by atoms with E-state index in [0.717, 1.165) is 5.39 Å². The average Bonchev–Trinajstić information content (AvgIpc) is 2.85. The number of furan rings is 1. The number of rotatable bonds is 5. The number of hydrogen-bond donors (Lipinski definition) is 1. The molecule has 0 radical (unpaired) electrons. The average molecular weight is 333 g/mol. The molecule has 6 nitrogen and oxygen atoms in total. The highest BCUT2D eigenvalue weighted by Crippen LogP contribution is 2.27. The molecular formula is C18H23NO5. The van der Waals surface area contributed by atoms with Gasteiger partial charge in [-0.1, -0.05) is 18.2 Å². The van der Waals surface area contributed by atoms with Crippen LogP contribution >= 0.6 is 0 Å². The van der Waals surface area contributed by atoms with Gasteiger partial charge in [-0.25, -0.2) is 4.79 Å². The van der Waals surface area contributed by atoms with Crippen molar-refractivity contribution in [1.29, 1.82) is 0 Å². The molecule has 24 heavy (non-hydrogen) atoms. The summed E-state index contributed by atoms with van der Waals surface area (Å²) >= 11 is 0. The second kappa shape index (κ2) is 7.05. The van der Waals surface area contributed by atoms with Crippen molar-refractivity contribution in [2.24, 2.45) is 0 Å². The predicted molar refractivity (Wildman–Crippen MR) is 89.7 cm³/mol. The minimum absolute atomic E-state index is 0.0634. The zero-order valence-corrected chi connectivity index (χ0v) is 14.6. The Bertz CT molecular complexity index is 741. The van der Waals surface area contributed by atoms with Gasteiger partial charge in [-0.3, -0.25) is 4.79 Å². The van der Waals surface area contributed by atoms with Gasteiger partial charge in [0.2, 0.25) is 5.76 Å². The number of carbonyl (C=O) groups is 2. The van der Waals surface area contributed by atoms with Crippen LogP contribution < -0.4 is 5.32 Å². The Morgan fingerprint density at radius 1 is 1.25 bits per heavy atom. The highest BCUT2D eigenvalue weighted by Gasteiger charge is 2.27. The maximum absolute atomic E-state index is 12.4. The van der Waals surface area contributed by atoms with E-state index < -0.39 is 17.6 Å². The number of fused-ring (bicyclic) bond motifs is 1. The van der Waals surface area contributed by atoms with Crippen LogP contribution in [0.25, 0.3) is 11.0 Å². The van der Waals surface area contributed by atoms with Crippen LogP contribution in [-0.4, -0.2) is 30.6 Å². The van der Waals surface area contributed by atoms with Gasteiger partial charge in [-0.15, -0.1) is 0 Å². The molecule has 0 aliphatic heterocycles. The quantitative estimate of drug-likeness (QED) is 0.851. The standard InChI is InChI=1S/C18H23NO5/c1-11(16(20)19-18(2,3)4)23-17(21)15-13(10-22-5)12-8-6-7-9-14(12)24-15/h6-9,11H,10H2,1-5H3,(H,19,20). The molecule has 0 bridgehead atoms. The van der Waals surface area contributed by atoms with Gasteiger partial charge in [-0.05, 0) is 33.8 Å². The highest BCUT2D eigenvalue weighted by molar-refractivity contribution is 5.97. The third kappa shape index (κ3) is 4.14. The van der Waals surface area contributed by atoms with Crippen LogP contribution in [0.4, 0.5) is 0 Å². The number of benzene rings is 1.